The van der Waals surface area contributed by atoms with Gasteiger partial charge in [0, 0.05) is 0 Å². The molecule has 7 heteroatoms. The van der Waals surface area contributed by atoms with Gasteiger partial charge in [-0.15, -0.1) is 0 Å². The smallest absolute Gasteiger partial charge is 0.320 e. The number of anilines is 1. The average Bonchev–Trinajstić information content (AvgIpc) is 2.42. The molecule has 1 atom stereocenters. The number of carboxylic acid groups (broad SMARTS) is 1. The van der Waals surface area contributed by atoms with E-state index in [4.69, 9.17) is 16.7 Å². The number of likely N-dealkylation sites (tertiary alicyclic amines) is 1. The number of hydrogen-bond acceptors (Lipinski definition) is 3. The number of carboxylic acids is 1. The first-order valence-corrected chi connectivity index (χ1v) is 7.07. The second kappa shape index (κ2) is 6.87. The molecule has 1 aromatic rings. The molecular weight excluding hydrogens is 299 g/mol. The SMILES string of the molecule is O=C(CN1CCCCC1C(=O)O)Nc1ccc(F)cc1Cl. The Balaban J connectivity index is 1.98. The van der Waals surface area contributed by atoms with Crippen LogP contribution >= 0.6 is 11.6 Å². The Morgan fingerprint density at radius 3 is 2.86 bits per heavy atom. The van der Waals surface area contributed by atoms with Crippen molar-refractivity contribution < 1.29 is 19.1 Å². The molecule has 0 spiro atoms. The lowest BCUT2D eigenvalue weighted by molar-refractivity contribution is -0.145. The van der Waals surface area contributed by atoms with Crippen LogP contribution in [-0.4, -0.2) is 41.0 Å². The summed E-state index contributed by atoms with van der Waals surface area (Å²) in [7, 11) is 0. The number of rotatable bonds is 4. The van der Waals surface area contributed by atoms with Crippen LogP contribution in [0.2, 0.25) is 5.02 Å². The summed E-state index contributed by atoms with van der Waals surface area (Å²) >= 11 is 5.83. The summed E-state index contributed by atoms with van der Waals surface area (Å²) < 4.78 is 12.9. The number of piperidine rings is 1. The molecule has 1 fully saturated rings. The molecule has 0 aromatic heterocycles. The van der Waals surface area contributed by atoms with Crippen molar-refractivity contribution in [3.63, 3.8) is 0 Å². The molecule has 114 valence electrons. The third-order valence-corrected chi connectivity index (χ3v) is 3.76. The van der Waals surface area contributed by atoms with Crippen LogP contribution in [0.15, 0.2) is 18.2 Å². The van der Waals surface area contributed by atoms with Crippen molar-refractivity contribution in [2.24, 2.45) is 0 Å². The Hall–Kier alpha value is -1.66. The summed E-state index contributed by atoms with van der Waals surface area (Å²) in [5, 5.41) is 11.8. The minimum absolute atomic E-state index is 0.0231. The lowest BCUT2D eigenvalue weighted by atomic mass is 10.0. The lowest BCUT2D eigenvalue weighted by Crippen LogP contribution is -2.47. The first-order valence-electron chi connectivity index (χ1n) is 6.69. The molecule has 1 aromatic carbocycles. The van der Waals surface area contributed by atoms with Gasteiger partial charge in [-0.05, 0) is 37.6 Å². The Morgan fingerprint density at radius 2 is 2.19 bits per heavy atom. The number of amides is 1. The quantitative estimate of drug-likeness (QED) is 0.895. The largest absolute Gasteiger partial charge is 0.480 e. The van der Waals surface area contributed by atoms with E-state index >= 15 is 0 Å². The molecule has 21 heavy (non-hydrogen) atoms. The van der Waals surface area contributed by atoms with Gasteiger partial charge in [-0.1, -0.05) is 18.0 Å². The van der Waals surface area contributed by atoms with Gasteiger partial charge in [-0.2, -0.15) is 0 Å². The van der Waals surface area contributed by atoms with E-state index in [1.807, 2.05) is 0 Å². The van der Waals surface area contributed by atoms with Crippen molar-refractivity contribution >= 4 is 29.2 Å². The summed E-state index contributed by atoms with van der Waals surface area (Å²) in [5.41, 5.74) is 0.312. The van der Waals surface area contributed by atoms with Gasteiger partial charge in [0.2, 0.25) is 5.91 Å². The van der Waals surface area contributed by atoms with E-state index in [9.17, 15) is 14.0 Å². The molecule has 0 aliphatic carbocycles. The number of nitrogens with zero attached hydrogens (tertiary/aromatic N) is 1. The number of hydrogen-bond donors (Lipinski definition) is 2. The monoisotopic (exact) mass is 314 g/mol. The van der Waals surface area contributed by atoms with Crippen LogP contribution in [0.3, 0.4) is 0 Å². The maximum Gasteiger partial charge on any atom is 0.320 e. The van der Waals surface area contributed by atoms with E-state index in [1.165, 1.54) is 12.1 Å². The van der Waals surface area contributed by atoms with E-state index in [1.54, 1.807) is 4.90 Å². The second-order valence-corrected chi connectivity index (χ2v) is 5.40. The van der Waals surface area contributed by atoms with Crippen LogP contribution in [-0.2, 0) is 9.59 Å². The van der Waals surface area contributed by atoms with Gasteiger partial charge < -0.3 is 10.4 Å². The Labute approximate surface area is 126 Å². The van der Waals surface area contributed by atoms with E-state index < -0.39 is 17.8 Å². The maximum atomic E-state index is 12.9. The van der Waals surface area contributed by atoms with Crippen molar-refractivity contribution in [2.75, 3.05) is 18.4 Å². The summed E-state index contributed by atoms with van der Waals surface area (Å²) in [6.07, 6.45) is 2.26. The lowest BCUT2D eigenvalue weighted by Gasteiger charge is -2.32. The van der Waals surface area contributed by atoms with Gasteiger partial charge in [0.1, 0.15) is 11.9 Å². The molecule has 1 heterocycles. The van der Waals surface area contributed by atoms with Crippen molar-refractivity contribution in [3.05, 3.63) is 29.0 Å². The van der Waals surface area contributed by atoms with Crippen LogP contribution in [0.5, 0.6) is 0 Å². The van der Waals surface area contributed by atoms with Crippen LogP contribution < -0.4 is 5.32 Å². The highest BCUT2D eigenvalue weighted by atomic mass is 35.5. The van der Waals surface area contributed by atoms with Gasteiger partial charge in [0.15, 0.2) is 0 Å². The second-order valence-electron chi connectivity index (χ2n) is 4.99. The number of halogens is 2. The van der Waals surface area contributed by atoms with Crippen molar-refractivity contribution in [1.82, 2.24) is 4.90 Å². The molecule has 2 N–H and O–H groups in total. The van der Waals surface area contributed by atoms with Crippen LogP contribution in [0, 0.1) is 5.82 Å². The van der Waals surface area contributed by atoms with Crippen LogP contribution in [0.1, 0.15) is 19.3 Å². The molecular formula is C14H16ClFN2O3. The summed E-state index contributed by atoms with van der Waals surface area (Å²) in [4.78, 5) is 24.8. The summed E-state index contributed by atoms with van der Waals surface area (Å²) in [6.45, 7) is 0.548. The molecule has 1 saturated heterocycles. The molecule has 1 amide bonds. The van der Waals surface area contributed by atoms with Gasteiger partial charge in [0.25, 0.3) is 0 Å². The molecule has 0 bridgehead atoms. The third-order valence-electron chi connectivity index (χ3n) is 3.45. The van der Waals surface area contributed by atoms with Gasteiger partial charge in [-0.3, -0.25) is 14.5 Å². The van der Waals surface area contributed by atoms with E-state index in [0.717, 1.165) is 18.9 Å². The molecule has 1 aliphatic heterocycles. The Kier molecular flexibility index (Phi) is 5.14. The average molecular weight is 315 g/mol. The highest BCUT2D eigenvalue weighted by molar-refractivity contribution is 6.33. The van der Waals surface area contributed by atoms with Crippen LogP contribution in [0.25, 0.3) is 0 Å². The normalized spacial score (nSPS) is 19.2. The minimum Gasteiger partial charge on any atom is -0.480 e. The molecule has 0 radical (unpaired) electrons. The Morgan fingerprint density at radius 1 is 1.43 bits per heavy atom. The van der Waals surface area contributed by atoms with E-state index in [0.29, 0.717) is 18.7 Å². The van der Waals surface area contributed by atoms with Crippen LogP contribution in [0.4, 0.5) is 10.1 Å². The molecule has 0 saturated carbocycles. The zero-order valence-electron chi connectivity index (χ0n) is 11.3. The fourth-order valence-corrected chi connectivity index (χ4v) is 2.64. The zero-order chi connectivity index (χ0) is 15.4. The van der Waals surface area contributed by atoms with Gasteiger partial charge in [0.05, 0.1) is 17.3 Å². The third kappa shape index (κ3) is 4.15. The predicted octanol–water partition coefficient (Wildman–Crippen LogP) is 2.36. The predicted molar refractivity (Wildman–Crippen MR) is 76.9 cm³/mol. The number of nitrogens with one attached hydrogen (secondary N) is 1. The fraction of sp³-hybridized carbons (Fsp3) is 0.429. The fourth-order valence-electron chi connectivity index (χ4n) is 2.42. The number of carbonyl (C=O) groups is 2. The molecule has 5 nitrogen and oxygen atoms in total. The molecule has 2 rings (SSSR count). The molecule has 1 aliphatic rings. The van der Waals surface area contributed by atoms with Gasteiger partial charge >= 0.3 is 5.97 Å². The standard InChI is InChI=1S/C14H16ClFN2O3/c15-10-7-9(16)4-5-11(10)17-13(19)8-18-6-2-1-3-12(18)14(20)21/h4-5,7,12H,1-3,6,8H2,(H,17,19)(H,20,21). The summed E-state index contributed by atoms with van der Waals surface area (Å²) in [6, 6.07) is 3.05. The Bertz CT molecular complexity index is 553. The summed E-state index contributed by atoms with van der Waals surface area (Å²) in [5.74, 6) is -1.76. The zero-order valence-corrected chi connectivity index (χ0v) is 12.1. The highest BCUT2D eigenvalue weighted by Crippen LogP contribution is 2.23. The topological polar surface area (TPSA) is 69.6 Å². The van der Waals surface area contributed by atoms with Crippen molar-refractivity contribution in [2.45, 2.75) is 25.3 Å². The number of carbonyl (C=O) groups excluding carboxylic acids is 1. The van der Waals surface area contributed by atoms with Gasteiger partial charge in [-0.25, -0.2) is 4.39 Å². The first-order chi connectivity index (χ1) is 9.97. The van der Waals surface area contributed by atoms with E-state index in [-0.39, 0.29) is 17.5 Å². The highest BCUT2D eigenvalue weighted by Gasteiger charge is 2.29. The minimum atomic E-state index is -0.915. The molecule has 1 unspecified atom stereocenters. The van der Waals surface area contributed by atoms with Crippen molar-refractivity contribution in [1.29, 1.82) is 0 Å². The first kappa shape index (κ1) is 15.7. The number of aliphatic carboxylic acids is 1. The van der Waals surface area contributed by atoms with E-state index in [2.05, 4.69) is 5.32 Å². The maximum absolute atomic E-state index is 12.9. The van der Waals surface area contributed by atoms with Crippen molar-refractivity contribution in [3.8, 4) is 0 Å². The number of benzene rings is 1.